The highest BCUT2D eigenvalue weighted by molar-refractivity contribution is 5.79. The van der Waals surface area contributed by atoms with Crippen molar-refractivity contribution in [3.8, 4) is 0 Å². The van der Waals surface area contributed by atoms with Crippen molar-refractivity contribution in [1.29, 1.82) is 0 Å². The average molecular weight is 158 g/mol. The molecule has 0 bridgehead atoms. The first kappa shape index (κ1) is 9.94. The number of amides is 1. The van der Waals surface area contributed by atoms with E-state index in [0.717, 1.165) is 6.42 Å². The Bertz CT molecular complexity index is 136. The fraction of sp³-hybridized carbons (Fsp3) is 0.571. The van der Waals surface area contributed by atoms with E-state index >= 15 is 0 Å². The molecule has 0 aromatic heterocycles. The van der Waals surface area contributed by atoms with E-state index in [4.69, 9.17) is 5.73 Å². The zero-order valence-electron chi connectivity index (χ0n) is 6.29. The molecule has 1 radical (unpaired) electrons. The third kappa shape index (κ3) is 4.36. The normalized spacial score (nSPS) is 12.1. The average Bonchev–Trinajstić information content (AvgIpc) is 1.97. The van der Waals surface area contributed by atoms with E-state index in [0.29, 0.717) is 12.8 Å². The van der Waals surface area contributed by atoms with Crippen molar-refractivity contribution in [1.82, 2.24) is 0 Å². The lowest BCUT2D eigenvalue weighted by molar-refractivity contribution is -0.143. The van der Waals surface area contributed by atoms with Crippen molar-refractivity contribution in [2.75, 3.05) is 0 Å². The van der Waals surface area contributed by atoms with E-state index in [1.54, 1.807) is 0 Å². The molecule has 0 saturated carbocycles. The largest absolute Gasteiger partial charge is 0.454 e. The second-order valence-corrected chi connectivity index (χ2v) is 2.12. The summed E-state index contributed by atoms with van der Waals surface area (Å²) in [4.78, 5) is 20.4. The molecule has 0 aliphatic rings. The highest BCUT2D eigenvalue weighted by Gasteiger charge is 2.14. The van der Waals surface area contributed by atoms with E-state index in [9.17, 15) is 9.59 Å². The molecule has 0 fully saturated rings. The standard InChI is InChI=1S/C7H12NO3/c1-2-3-4-6(7(8)10)11-5-9/h5-6H,1-4H2,(H2,8,10). The number of nitrogens with two attached hydrogens (primary N) is 1. The first-order valence-corrected chi connectivity index (χ1v) is 3.40. The molecule has 4 nitrogen and oxygen atoms in total. The van der Waals surface area contributed by atoms with Gasteiger partial charge in [0.25, 0.3) is 12.4 Å². The molecule has 0 saturated heterocycles. The van der Waals surface area contributed by atoms with Gasteiger partial charge in [0.2, 0.25) is 0 Å². The maximum absolute atomic E-state index is 10.5. The molecule has 0 heterocycles. The highest BCUT2D eigenvalue weighted by Crippen LogP contribution is 2.02. The number of ether oxygens (including phenoxy) is 1. The quantitative estimate of drug-likeness (QED) is 0.554. The molecule has 1 atom stereocenters. The van der Waals surface area contributed by atoms with Gasteiger partial charge in [0.15, 0.2) is 6.10 Å². The van der Waals surface area contributed by atoms with Gasteiger partial charge in [0, 0.05) is 0 Å². The van der Waals surface area contributed by atoms with Crippen LogP contribution >= 0.6 is 0 Å². The smallest absolute Gasteiger partial charge is 0.293 e. The van der Waals surface area contributed by atoms with Gasteiger partial charge in [-0.25, -0.2) is 0 Å². The maximum Gasteiger partial charge on any atom is 0.293 e. The van der Waals surface area contributed by atoms with Gasteiger partial charge in [-0.2, -0.15) is 0 Å². The summed E-state index contributed by atoms with van der Waals surface area (Å²) >= 11 is 0. The van der Waals surface area contributed by atoms with Gasteiger partial charge in [-0.05, 0) is 12.8 Å². The molecular formula is C7H12NO3. The van der Waals surface area contributed by atoms with Crippen molar-refractivity contribution in [3.05, 3.63) is 6.92 Å². The van der Waals surface area contributed by atoms with Crippen LogP contribution in [-0.2, 0) is 14.3 Å². The van der Waals surface area contributed by atoms with E-state index in [2.05, 4.69) is 11.7 Å². The zero-order chi connectivity index (χ0) is 8.69. The van der Waals surface area contributed by atoms with Crippen LogP contribution in [0.5, 0.6) is 0 Å². The molecule has 63 valence electrons. The molecule has 1 amide bonds. The summed E-state index contributed by atoms with van der Waals surface area (Å²) in [5, 5.41) is 0. The Morgan fingerprint density at radius 1 is 1.73 bits per heavy atom. The van der Waals surface area contributed by atoms with E-state index in [1.807, 2.05) is 0 Å². The molecule has 0 aliphatic heterocycles. The van der Waals surface area contributed by atoms with Crippen molar-refractivity contribution >= 4 is 12.4 Å². The third-order valence-corrected chi connectivity index (χ3v) is 1.25. The minimum absolute atomic E-state index is 0.235. The van der Waals surface area contributed by atoms with Gasteiger partial charge in [0.1, 0.15) is 0 Å². The molecule has 4 heteroatoms. The molecule has 11 heavy (non-hydrogen) atoms. The second-order valence-electron chi connectivity index (χ2n) is 2.12. The Balaban J connectivity index is 3.69. The summed E-state index contributed by atoms with van der Waals surface area (Å²) in [6.07, 6.45) is 1.10. The lowest BCUT2D eigenvalue weighted by atomic mass is 10.1. The first-order chi connectivity index (χ1) is 5.22. The van der Waals surface area contributed by atoms with Gasteiger partial charge in [-0.1, -0.05) is 13.3 Å². The fourth-order valence-electron chi connectivity index (χ4n) is 0.674. The van der Waals surface area contributed by atoms with Crippen molar-refractivity contribution in [2.24, 2.45) is 5.73 Å². The van der Waals surface area contributed by atoms with Crippen molar-refractivity contribution < 1.29 is 14.3 Å². The summed E-state index contributed by atoms with van der Waals surface area (Å²) in [7, 11) is 0. The van der Waals surface area contributed by atoms with Crippen molar-refractivity contribution in [2.45, 2.75) is 25.4 Å². The molecule has 0 spiro atoms. The molecule has 0 aliphatic carbocycles. The van der Waals surface area contributed by atoms with Crippen LogP contribution in [0.4, 0.5) is 0 Å². The zero-order valence-corrected chi connectivity index (χ0v) is 6.29. The van der Waals surface area contributed by atoms with Crippen LogP contribution in [0.25, 0.3) is 0 Å². The van der Waals surface area contributed by atoms with Gasteiger partial charge < -0.3 is 10.5 Å². The maximum atomic E-state index is 10.5. The molecule has 2 N–H and O–H groups in total. The van der Waals surface area contributed by atoms with Crippen molar-refractivity contribution in [3.63, 3.8) is 0 Å². The molecule has 0 rings (SSSR count). The van der Waals surface area contributed by atoms with Gasteiger partial charge in [-0.3, -0.25) is 9.59 Å². The predicted molar refractivity (Wildman–Crippen MR) is 39.3 cm³/mol. The Morgan fingerprint density at radius 3 is 2.73 bits per heavy atom. The number of primary amides is 1. The lowest BCUT2D eigenvalue weighted by Crippen LogP contribution is -2.30. The molecule has 1 unspecified atom stereocenters. The van der Waals surface area contributed by atoms with Crippen LogP contribution in [0.2, 0.25) is 0 Å². The minimum Gasteiger partial charge on any atom is -0.454 e. The van der Waals surface area contributed by atoms with Crippen LogP contribution in [0.3, 0.4) is 0 Å². The summed E-state index contributed by atoms with van der Waals surface area (Å²) in [5.74, 6) is -0.606. The monoisotopic (exact) mass is 158 g/mol. The molecule has 0 aromatic carbocycles. The summed E-state index contributed by atoms with van der Waals surface area (Å²) in [6.45, 7) is 3.82. The van der Waals surface area contributed by atoms with E-state index in [1.165, 1.54) is 0 Å². The number of rotatable bonds is 6. The highest BCUT2D eigenvalue weighted by atomic mass is 16.5. The van der Waals surface area contributed by atoms with Gasteiger partial charge in [0.05, 0.1) is 0 Å². The van der Waals surface area contributed by atoms with Gasteiger partial charge >= 0.3 is 0 Å². The fourth-order valence-corrected chi connectivity index (χ4v) is 0.674. The summed E-state index contributed by atoms with van der Waals surface area (Å²) < 4.78 is 4.42. The predicted octanol–water partition coefficient (Wildman–Crippen LogP) is 0.0177. The van der Waals surface area contributed by atoms with Crippen LogP contribution in [0.1, 0.15) is 19.3 Å². The summed E-state index contributed by atoms with van der Waals surface area (Å²) in [5.41, 5.74) is 4.92. The number of carbonyl (C=O) groups is 2. The number of carbonyl (C=O) groups excluding carboxylic acids is 2. The topological polar surface area (TPSA) is 69.4 Å². The second kappa shape index (κ2) is 5.70. The minimum atomic E-state index is -0.783. The van der Waals surface area contributed by atoms with Crippen LogP contribution in [0, 0.1) is 6.92 Å². The van der Waals surface area contributed by atoms with Crippen LogP contribution in [-0.4, -0.2) is 18.5 Å². The lowest BCUT2D eigenvalue weighted by Gasteiger charge is -2.09. The first-order valence-electron chi connectivity index (χ1n) is 3.40. The van der Waals surface area contributed by atoms with E-state index < -0.39 is 12.0 Å². The Labute approximate surface area is 65.7 Å². The molecular weight excluding hydrogens is 146 g/mol. The van der Waals surface area contributed by atoms with Gasteiger partial charge in [-0.15, -0.1) is 0 Å². The number of unbranched alkanes of at least 4 members (excludes halogenated alkanes) is 1. The van der Waals surface area contributed by atoms with E-state index in [-0.39, 0.29) is 6.47 Å². The number of hydrogen-bond donors (Lipinski definition) is 1. The number of hydrogen-bond acceptors (Lipinski definition) is 3. The Kier molecular flexibility index (Phi) is 5.15. The molecule has 0 aromatic rings. The van der Waals surface area contributed by atoms with Crippen LogP contribution < -0.4 is 5.73 Å². The van der Waals surface area contributed by atoms with Crippen LogP contribution in [0.15, 0.2) is 0 Å². The third-order valence-electron chi connectivity index (χ3n) is 1.25. The summed E-state index contributed by atoms with van der Waals surface area (Å²) in [6, 6.07) is 0. The Morgan fingerprint density at radius 2 is 2.36 bits per heavy atom. The SMILES string of the molecule is [CH2]CCCC(OC=O)C(N)=O. The Hall–Kier alpha value is -1.06.